The van der Waals surface area contributed by atoms with E-state index in [1.54, 1.807) is 24.4 Å². The number of amides is 5. The SMILES string of the molecule is O=C1CCC(N2C(=O)c3cccc(NCCCCCCCCN4CCN(c5ccc(-c6ccc7c(c6)C(O)N(C(C(=O)Nc6nccs6)c6ccccc6)C7)cc5)CC4)c3C2=O)C(=O)N1. The molecule has 5 amide bonds. The van der Waals surface area contributed by atoms with Crippen LogP contribution in [0, 0.1) is 0 Å². The lowest BCUT2D eigenvalue weighted by Crippen LogP contribution is -2.54. The third kappa shape index (κ3) is 9.59. The molecule has 4 aliphatic heterocycles. The Balaban J connectivity index is 0.685. The van der Waals surface area contributed by atoms with E-state index in [4.69, 9.17) is 0 Å². The number of carbonyl (C=O) groups is 5. The Kier molecular flexibility index (Phi) is 13.4. The quantitative estimate of drug-likeness (QED) is 0.0562. The van der Waals surface area contributed by atoms with Crippen molar-refractivity contribution in [3.8, 4) is 11.1 Å². The first-order valence-corrected chi connectivity index (χ1v) is 23.6. The van der Waals surface area contributed by atoms with E-state index < -0.39 is 41.9 Å². The molecule has 5 heterocycles. The zero-order valence-corrected chi connectivity index (χ0v) is 37.1. The van der Waals surface area contributed by atoms with Gasteiger partial charge in [-0.1, -0.05) is 86.3 Å². The molecule has 65 heavy (non-hydrogen) atoms. The number of carbonyl (C=O) groups excluding carboxylic acids is 5. The first-order valence-electron chi connectivity index (χ1n) is 22.7. The molecule has 336 valence electrons. The molecular formula is C50H54N8O6S. The Bertz CT molecular complexity index is 2530. The van der Waals surface area contributed by atoms with Crippen molar-refractivity contribution in [1.82, 2.24) is 25.0 Å². The van der Waals surface area contributed by atoms with Gasteiger partial charge in [-0.05, 0) is 78.4 Å². The predicted octanol–water partition coefficient (Wildman–Crippen LogP) is 6.97. The number of piperidine rings is 1. The van der Waals surface area contributed by atoms with Crippen LogP contribution in [0.2, 0.25) is 0 Å². The molecule has 0 radical (unpaired) electrons. The molecule has 4 N–H and O–H groups in total. The first-order chi connectivity index (χ1) is 31.7. The highest BCUT2D eigenvalue weighted by Gasteiger charge is 2.45. The molecule has 1 aromatic heterocycles. The largest absolute Gasteiger partial charge is 0.384 e. The van der Waals surface area contributed by atoms with Gasteiger partial charge in [0.25, 0.3) is 11.8 Å². The van der Waals surface area contributed by atoms with Crippen LogP contribution in [0.1, 0.15) is 101 Å². The normalized spacial score (nSPS) is 19.3. The maximum absolute atomic E-state index is 13.7. The zero-order valence-electron chi connectivity index (χ0n) is 36.3. The number of thiazole rings is 1. The Morgan fingerprint density at radius 1 is 0.831 bits per heavy atom. The summed E-state index contributed by atoms with van der Waals surface area (Å²) in [6, 6.07) is 28.0. The minimum atomic E-state index is -0.975. The standard InChI is InChI=1S/C50H54N8O6S/c59-42-22-21-41(45(60)53-42)58-48(63)38-13-10-14-40(43(38)49(58)64)51-23-8-3-1-2-4-9-25-55-26-28-56(29-27-55)37-19-17-33(18-20-37)35-15-16-36-32-57(47(62)39(36)31-35)44(34-11-6-5-7-12-34)46(61)54-50-52-24-30-65-50/h5-7,10-20,24,30-31,41,44,47,51,62H,1-4,8-9,21-23,25-29,32H2,(H,52,54,61)(H,53,59,60). The molecule has 4 aliphatic rings. The summed E-state index contributed by atoms with van der Waals surface area (Å²) in [6.07, 6.45) is 7.59. The van der Waals surface area contributed by atoms with E-state index in [1.807, 2.05) is 40.6 Å². The Labute approximate surface area is 382 Å². The Morgan fingerprint density at radius 3 is 2.34 bits per heavy atom. The second kappa shape index (κ2) is 19.9. The molecule has 0 spiro atoms. The predicted molar refractivity (Wildman–Crippen MR) is 250 cm³/mol. The molecule has 3 atom stereocenters. The lowest BCUT2D eigenvalue weighted by Gasteiger charge is -2.36. The minimum Gasteiger partial charge on any atom is -0.384 e. The average Bonchev–Trinajstić information content (AvgIpc) is 4.02. The number of nitrogens with zero attached hydrogens (tertiary/aromatic N) is 5. The van der Waals surface area contributed by atoms with E-state index >= 15 is 0 Å². The summed E-state index contributed by atoms with van der Waals surface area (Å²) in [4.78, 5) is 76.2. The average molecular weight is 895 g/mol. The fourth-order valence-electron chi connectivity index (χ4n) is 9.59. The number of unbranched alkanes of at least 4 members (excludes halogenated alkanes) is 5. The second-order valence-corrected chi connectivity index (χ2v) is 18.1. The summed E-state index contributed by atoms with van der Waals surface area (Å²) in [5.74, 6) is -2.22. The Morgan fingerprint density at radius 2 is 1.58 bits per heavy atom. The number of anilines is 3. The van der Waals surface area contributed by atoms with Gasteiger partial charge < -0.3 is 20.6 Å². The molecule has 0 saturated carbocycles. The van der Waals surface area contributed by atoms with E-state index in [-0.39, 0.29) is 24.3 Å². The van der Waals surface area contributed by atoms with Crippen molar-refractivity contribution in [1.29, 1.82) is 0 Å². The molecule has 15 heteroatoms. The lowest BCUT2D eigenvalue weighted by molar-refractivity contribution is -0.136. The number of aromatic nitrogens is 1. The van der Waals surface area contributed by atoms with Crippen LogP contribution in [0.25, 0.3) is 11.1 Å². The van der Waals surface area contributed by atoms with E-state index in [2.05, 4.69) is 73.2 Å². The number of hydrogen-bond donors (Lipinski definition) is 4. The molecular weight excluding hydrogens is 841 g/mol. The number of aliphatic hydroxyl groups excluding tert-OH is 1. The van der Waals surface area contributed by atoms with E-state index in [1.165, 1.54) is 36.3 Å². The van der Waals surface area contributed by atoms with Crippen LogP contribution in [-0.2, 0) is 20.9 Å². The Hall–Kier alpha value is -6.26. The maximum atomic E-state index is 13.7. The molecule has 4 aromatic carbocycles. The number of imide groups is 2. The van der Waals surface area contributed by atoms with Gasteiger partial charge in [0.15, 0.2) is 5.13 Å². The van der Waals surface area contributed by atoms with Crippen LogP contribution in [0.15, 0.2) is 103 Å². The van der Waals surface area contributed by atoms with Crippen molar-refractivity contribution in [3.63, 3.8) is 0 Å². The highest BCUT2D eigenvalue weighted by molar-refractivity contribution is 7.13. The van der Waals surface area contributed by atoms with Crippen LogP contribution in [0.4, 0.5) is 16.5 Å². The number of piperazine rings is 1. The van der Waals surface area contributed by atoms with Crippen LogP contribution in [-0.4, -0.2) is 99.6 Å². The van der Waals surface area contributed by atoms with Crippen molar-refractivity contribution in [3.05, 3.63) is 130 Å². The van der Waals surface area contributed by atoms with Crippen LogP contribution in [0.3, 0.4) is 0 Å². The van der Waals surface area contributed by atoms with E-state index in [0.717, 1.165) is 84.7 Å². The summed E-state index contributed by atoms with van der Waals surface area (Å²) < 4.78 is 0. The molecule has 2 fully saturated rings. The van der Waals surface area contributed by atoms with Crippen molar-refractivity contribution >= 4 is 57.4 Å². The molecule has 0 aliphatic carbocycles. The van der Waals surface area contributed by atoms with Gasteiger partial charge in [0, 0.05) is 74.2 Å². The molecule has 9 rings (SSSR count). The van der Waals surface area contributed by atoms with Gasteiger partial charge in [-0.25, -0.2) is 4.98 Å². The first kappa shape index (κ1) is 44.0. The number of rotatable bonds is 17. The minimum absolute atomic E-state index is 0.0924. The number of fused-ring (bicyclic) bond motifs is 2. The highest BCUT2D eigenvalue weighted by Crippen LogP contribution is 2.41. The number of aliphatic hydroxyl groups is 1. The fraction of sp³-hybridized carbons (Fsp3) is 0.360. The van der Waals surface area contributed by atoms with Crippen molar-refractivity contribution < 1.29 is 29.1 Å². The van der Waals surface area contributed by atoms with Gasteiger partial charge in [0.1, 0.15) is 18.3 Å². The van der Waals surface area contributed by atoms with Gasteiger partial charge in [-0.15, -0.1) is 11.3 Å². The summed E-state index contributed by atoms with van der Waals surface area (Å²) in [6.45, 7) is 6.23. The number of hydrogen-bond acceptors (Lipinski definition) is 12. The number of nitrogens with one attached hydrogen (secondary N) is 3. The second-order valence-electron chi connectivity index (χ2n) is 17.2. The molecule has 14 nitrogen and oxygen atoms in total. The summed E-state index contributed by atoms with van der Waals surface area (Å²) in [7, 11) is 0. The van der Waals surface area contributed by atoms with Crippen molar-refractivity contribution in [2.75, 3.05) is 54.8 Å². The van der Waals surface area contributed by atoms with Gasteiger partial charge in [-0.2, -0.15) is 0 Å². The summed E-state index contributed by atoms with van der Waals surface area (Å²) in [5, 5.41) is 22.6. The van der Waals surface area contributed by atoms with Crippen molar-refractivity contribution in [2.45, 2.75) is 76.2 Å². The van der Waals surface area contributed by atoms with E-state index in [0.29, 0.717) is 29.5 Å². The smallest absolute Gasteiger partial charge is 0.264 e. The summed E-state index contributed by atoms with van der Waals surface area (Å²) >= 11 is 1.36. The van der Waals surface area contributed by atoms with E-state index in [9.17, 15) is 29.1 Å². The monoisotopic (exact) mass is 894 g/mol. The third-order valence-electron chi connectivity index (χ3n) is 13.1. The third-order valence-corrected chi connectivity index (χ3v) is 13.8. The lowest BCUT2D eigenvalue weighted by atomic mass is 9.99. The highest BCUT2D eigenvalue weighted by atomic mass is 32.1. The van der Waals surface area contributed by atoms with Gasteiger partial charge in [0.05, 0.1) is 11.1 Å². The fourth-order valence-corrected chi connectivity index (χ4v) is 10.1. The molecule has 0 bridgehead atoms. The van der Waals surface area contributed by atoms with Crippen molar-refractivity contribution in [2.24, 2.45) is 0 Å². The van der Waals surface area contributed by atoms with Crippen LogP contribution < -0.4 is 20.9 Å². The van der Waals surface area contributed by atoms with Gasteiger partial charge >= 0.3 is 0 Å². The van der Waals surface area contributed by atoms with Gasteiger partial charge in [0.2, 0.25) is 17.7 Å². The van der Waals surface area contributed by atoms with Gasteiger partial charge in [-0.3, -0.25) is 44.0 Å². The molecule has 2 saturated heterocycles. The number of benzene rings is 4. The van der Waals surface area contributed by atoms with Crippen LogP contribution in [0.5, 0.6) is 0 Å². The van der Waals surface area contributed by atoms with Crippen LogP contribution >= 0.6 is 11.3 Å². The maximum Gasteiger partial charge on any atom is 0.264 e. The molecule has 5 aromatic rings. The summed E-state index contributed by atoms with van der Waals surface area (Å²) in [5.41, 5.74) is 7.11. The topological polar surface area (TPSA) is 168 Å². The molecule has 3 unspecified atom stereocenters. The zero-order chi connectivity index (χ0) is 44.9.